The highest BCUT2D eigenvalue weighted by Gasteiger charge is 2.24. The van der Waals surface area contributed by atoms with Gasteiger partial charge in [-0.05, 0) is 54.8 Å². The zero-order valence-electron chi connectivity index (χ0n) is 14.9. The molecule has 0 saturated carbocycles. The number of aromatic nitrogens is 3. The van der Waals surface area contributed by atoms with E-state index in [1.807, 2.05) is 10.7 Å². The van der Waals surface area contributed by atoms with Gasteiger partial charge >= 0.3 is 0 Å². The van der Waals surface area contributed by atoms with Crippen molar-refractivity contribution in [2.45, 2.75) is 26.3 Å². The van der Waals surface area contributed by atoms with Crippen LogP contribution in [0.15, 0.2) is 42.6 Å². The van der Waals surface area contributed by atoms with Gasteiger partial charge in [0.25, 0.3) is 0 Å². The fourth-order valence-electron chi connectivity index (χ4n) is 3.18. The van der Waals surface area contributed by atoms with E-state index in [1.54, 1.807) is 24.4 Å². The van der Waals surface area contributed by atoms with Crippen molar-refractivity contribution in [3.63, 3.8) is 0 Å². The van der Waals surface area contributed by atoms with Gasteiger partial charge in [-0.1, -0.05) is 0 Å². The van der Waals surface area contributed by atoms with Gasteiger partial charge in [-0.2, -0.15) is 5.10 Å². The van der Waals surface area contributed by atoms with Crippen molar-refractivity contribution in [3.8, 4) is 28.3 Å². The van der Waals surface area contributed by atoms with Crippen molar-refractivity contribution in [3.05, 3.63) is 48.4 Å². The minimum absolute atomic E-state index is 0.191. The number of halogens is 1. The number of ether oxygens (including phenoxy) is 1. The van der Waals surface area contributed by atoms with Crippen LogP contribution in [0.1, 0.15) is 19.8 Å². The third kappa shape index (κ3) is 3.53. The van der Waals surface area contributed by atoms with Crippen LogP contribution < -0.4 is 10.1 Å². The summed E-state index contributed by atoms with van der Waals surface area (Å²) < 4.78 is 21.2. The number of amides is 1. The summed E-state index contributed by atoms with van der Waals surface area (Å²) >= 11 is 0. The predicted molar refractivity (Wildman–Crippen MR) is 99.9 cm³/mol. The van der Waals surface area contributed by atoms with Crippen molar-refractivity contribution >= 4 is 11.7 Å². The highest BCUT2D eigenvalue weighted by Crippen LogP contribution is 2.40. The first-order valence-electron chi connectivity index (χ1n) is 8.85. The Labute approximate surface area is 156 Å². The van der Waals surface area contributed by atoms with Gasteiger partial charge in [-0.15, -0.1) is 0 Å². The van der Waals surface area contributed by atoms with E-state index in [9.17, 15) is 9.18 Å². The molecule has 0 bridgehead atoms. The van der Waals surface area contributed by atoms with Crippen LogP contribution in [0.4, 0.5) is 10.2 Å². The summed E-state index contributed by atoms with van der Waals surface area (Å²) in [6.07, 6.45) is 3.57. The van der Waals surface area contributed by atoms with Crippen molar-refractivity contribution < 1.29 is 13.9 Å². The van der Waals surface area contributed by atoms with E-state index in [0.29, 0.717) is 24.0 Å². The molecule has 1 aliphatic rings. The van der Waals surface area contributed by atoms with Gasteiger partial charge in [0.2, 0.25) is 11.8 Å². The maximum atomic E-state index is 13.4. The molecule has 1 N–H and O–H groups in total. The van der Waals surface area contributed by atoms with Crippen LogP contribution in [0.3, 0.4) is 0 Å². The molecule has 4 rings (SSSR count). The Balaban J connectivity index is 1.88. The lowest BCUT2D eigenvalue weighted by atomic mass is 10.0. The molecule has 1 aliphatic heterocycles. The third-order valence-electron chi connectivity index (χ3n) is 4.38. The Bertz CT molecular complexity index is 982. The van der Waals surface area contributed by atoms with Crippen LogP contribution in [-0.2, 0) is 11.3 Å². The number of carbonyl (C=O) groups is 1. The number of anilines is 1. The number of fused-ring (bicyclic) bond motifs is 1. The lowest BCUT2D eigenvalue weighted by molar-refractivity contribution is -0.114. The molecular formula is C20H19FN4O2. The highest BCUT2D eigenvalue weighted by molar-refractivity contribution is 5.90. The van der Waals surface area contributed by atoms with E-state index in [1.165, 1.54) is 19.1 Å². The minimum Gasteiger partial charge on any atom is -0.477 e. The zero-order valence-corrected chi connectivity index (χ0v) is 14.9. The minimum atomic E-state index is -0.297. The van der Waals surface area contributed by atoms with Crippen LogP contribution in [0.25, 0.3) is 22.4 Å². The number of aryl methyl sites for hydroxylation is 1. The molecule has 3 heterocycles. The smallest absolute Gasteiger partial charge is 0.222 e. The third-order valence-corrected chi connectivity index (χ3v) is 4.38. The Morgan fingerprint density at radius 2 is 2.00 bits per heavy atom. The molecule has 0 spiro atoms. The van der Waals surface area contributed by atoms with E-state index in [-0.39, 0.29) is 11.7 Å². The Kier molecular flexibility index (Phi) is 4.58. The van der Waals surface area contributed by atoms with E-state index in [0.717, 1.165) is 36.1 Å². The van der Waals surface area contributed by atoms with Crippen molar-refractivity contribution in [2.75, 3.05) is 11.9 Å². The van der Waals surface area contributed by atoms with Crippen LogP contribution in [-0.4, -0.2) is 27.3 Å². The molecule has 138 valence electrons. The average molecular weight is 366 g/mol. The van der Waals surface area contributed by atoms with Crippen molar-refractivity contribution in [1.82, 2.24) is 14.8 Å². The first-order valence-corrected chi connectivity index (χ1v) is 8.85. The molecule has 0 radical (unpaired) electrons. The van der Waals surface area contributed by atoms with Gasteiger partial charge in [0.15, 0.2) is 0 Å². The number of nitrogens with zero attached hydrogens (tertiary/aromatic N) is 3. The first kappa shape index (κ1) is 17.2. The molecule has 0 saturated heterocycles. The second-order valence-corrected chi connectivity index (χ2v) is 6.43. The standard InChI is InChI=1S/C20H19FN4O2/c1-13(26)23-17-12-15(8-9-22-17)18-19(14-4-6-16(21)7-5-14)24-25-10-2-3-11-27-20(18)25/h4-9,12H,2-3,10-11H2,1H3,(H,22,23,26). The van der Waals surface area contributed by atoms with E-state index < -0.39 is 0 Å². The van der Waals surface area contributed by atoms with Gasteiger partial charge in [-0.25, -0.2) is 14.1 Å². The largest absolute Gasteiger partial charge is 0.477 e. The van der Waals surface area contributed by atoms with E-state index in [4.69, 9.17) is 9.84 Å². The van der Waals surface area contributed by atoms with Crippen LogP contribution >= 0.6 is 0 Å². The van der Waals surface area contributed by atoms with Gasteiger partial charge in [0.1, 0.15) is 17.3 Å². The number of nitrogens with one attached hydrogen (secondary N) is 1. The summed E-state index contributed by atoms with van der Waals surface area (Å²) in [6.45, 7) is 2.81. The molecule has 27 heavy (non-hydrogen) atoms. The molecule has 0 atom stereocenters. The van der Waals surface area contributed by atoms with Gasteiger partial charge in [0, 0.05) is 25.2 Å². The Morgan fingerprint density at radius 1 is 1.19 bits per heavy atom. The number of benzene rings is 1. The second kappa shape index (κ2) is 7.19. The Morgan fingerprint density at radius 3 is 2.78 bits per heavy atom. The van der Waals surface area contributed by atoms with Crippen LogP contribution in [0.5, 0.6) is 5.88 Å². The van der Waals surface area contributed by atoms with Crippen LogP contribution in [0.2, 0.25) is 0 Å². The fraction of sp³-hybridized carbons (Fsp3) is 0.250. The molecule has 3 aromatic rings. The average Bonchev–Trinajstić information content (AvgIpc) is 2.85. The van der Waals surface area contributed by atoms with Gasteiger partial charge in [0.05, 0.1) is 12.2 Å². The molecule has 7 heteroatoms. The number of rotatable bonds is 3. The second-order valence-electron chi connectivity index (χ2n) is 6.43. The number of carbonyl (C=O) groups excluding carboxylic acids is 1. The molecule has 0 aliphatic carbocycles. The summed E-state index contributed by atoms with van der Waals surface area (Å²) in [5.41, 5.74) is 3.16. The molecular weight excluding hydrogens is 347 g/mol. The molecule has 1 aromatic carbocycles. The maximum Gasteiger partial charge on any atom is 0.222 e. The summed E-state index contributed by atoms with van der Waals surface area (Å²) in [4.78, 5) is 15.6. The summed E-state index contributed by atoms with van der Waals surface area (Å²) in [5, 5.41) is 7.44. The van der Waals surface area contributed by atoms with E-state index >= 15 is 0 Å². The topological polar surface area (TPSA) is 69.0 Å². The molecule has 0 unspecified atom stereocenters. The van der Waals surface area contributed by atoms with E-state index in [2.05, 4.69) is 10.3 Å². The first-order chi connectivity index (χ1) is 13.1. The van der Waals surface area contributed by atoms with Gasteiger partial charge in [-0.3, -0.25) is 4.79 Å². The fourth-order valence-corrected chi connectivity index (χ4v) is 3.18. The van der Waals surface area contributed by atoms with Crippen molar-refractivity contribution in [2.24, 2.45) is 0 Å². The lowest BCUT2D eigenvalue weighted by Gasteiger charge is -2.09. The number of hydrogen-bond donors (Lipinski definition) is 1. The van der Waals surface area contributed by atoms with Crippen molar-refractivity contribution in [1.29, 1.82) is 0 Å². The lowest BCUT2D eigenvalue weighted by Crippen LogP contribution is -2.07. The molecule has 2 aromatic heterocycles. The van der Waals surface area contributed by atoms with Gasteiger partial charge < -0.3 is 10.1 Å². The summed E-state index contributed by atoms with van der Waals surface area (Å²) in [7, 11) is 0. The highest BCUT2D eigenvalue weighted by atomic mass is 19.1. The number of pyridine rings is 1. The SMILES string of the molecule is CC(=O)Nc1cc(-c2c(-c3ccc(F)cc3)nn3c2OCCCC3)ccn1. The molecule has 1 amide bonds. The predicted octanol–water partition coefficient (Wildman–Crippen LogP) is 3.88. The zero-order chi connectivity index (χ0) is 18.8. The quantitative estimate of drug-likeness (QED) is 0.764. The maximum absolute atomic E-state index is 13.4. The summed E-state index contributed by atoms with van der Waals surface area (Å²) in [6, 6.07) is 9.89. The Hall–Kier alpha value is -3.22. The molecule has 0 fully saturated rings. The number of hydrogen-bond acceptors (Lipinski definition) is 4. The monoisotopic (exact) mass is 366 g/mol. The van der Waals surface area contributed by atoms with Crippen LogP contribution in [0, 0.1) is 5.82 Å². The molecule has 6 nitrogen and oxygen atoms in total. The normalized spacial score (nSPS) is 13.4. The summed E-state index contributed by atoms with van der Waals surface area (Å²) in [5.74, 6) is 0.656.